The second kappa shape index (κ2) is 6.92. The zero-order valence-electron chi connectivity index (χ0n) is 11.6. The molecule has 0 spiro atoms. The van der Waals surface area contributed by atoms with Crippen molar-refractivity contribution < 1.29 is 19.1 Å². The molecule has 0 radical (unpaired) electrons. The second-order valence-corrected chi connectivity index (χ2v) is 4.50. The lowest BCUT2D eigenvalue weighted by Crippen LogP contribution is -2.22. The molecule has 1 aliphatic rings. The molecular formula is C15H20O4. The summed E-state index contributed by atoms with van der Waals surface area (Å²) in [5, 5.41) is 0. The molecule has 0 aromatic rings. The van der Waals surface area contributed by atoms with Gasteiger partial charge in [0.25, 0.3) is 0 Å². The first-order chi connectivity index (χ1) is 9.02. The van der Waals surface area contributed by atoms with Crippen LogP contribution in [0.25, 0.3) is 0 Å². The molecule has 4 heteroatoms. The fourth-order valence-corrected chi connectivity index (χ4v) is 1.80. The summed E-state index contributed by atoms with van der Waals surface area (Å²) in [6.07, 6.45) is 10.1. The van der Waals surface area contributed by atoms with Gasteiger partial charge in [0.2, 0.25) is 0 Å². The molecule has 0 saturated heterocycles. The van der Waals surface area contributed by atoms with E-state index in [1.54, 1.807) is 19.9 Å². The van der Waals surface area contributed by atoms with Gasteiger partial charge in [0.15, 0.2) is 0 Å². The van der Waals surface area contributed by atoms with Crippen LogP contribution in [0.4, 0.5) is 0 Å². The minimum atomic E-state index is -0.634. The van der Waals surface area contributed by atoms with Gasteiger partial charge in [-0.15, -0.1) is 0 Å². The Balaban J connectivity index is 3.01. The monoisotopic (exact) mass is 264 g/mol. The number of hydrogen-bond donors (Lipinski definition) is 0. The molecule has 0 saturated carbocycles. The molecule has 0 aromatic carbocycles. The molecule has 4 nitrogen and oxygen atoms in total. The van der Waals surface area contributed by atoms with Gasteiger partial charge in [-0.25, -0.2) is 9.59 Å². The average Bonchev–Trinajstić information content (AvgIpc) is 2.37. The average molecular weight is 264 g/mol. The number of carbonyl (C=O) groups excluding carboxylic acids is 2. The summed E-state index contributed by atoms with van der Waals surface area (Å²) in [4.78, 5) is 23.7. The van der Waals surface area contributed by atoms with E-state index in [2.05, 4.69) is 0 Å². The molecule has 0 bridgehead atoms. The van der Waals surface area contributed by atoms with Crippen LogP contribution in [0, 0.1) is 5.41 Å². The fourth-order valence-electron chi connectivity index (χ4n) is 1.80. The lowest BCUT2D eigenvalue weighted by atomic mass is 9.82. The van der Waals surface area contributed by atoms with E-state index >= 15 is 0 Å². The Bertz CT molecular complexity index is 411. The van der Waals surface area contributed by atoms with Crippen molar-refractivity contribution in [2.45, 2.75) is 27.2 Å². The Hall–Kier alpha value is -1.84. The molecule has 0 aliphatic heterocycles. The Kier molecular flexibility index (Phi) is 5.55. The van der Waals surface area contributed by atoms with Crippen molar-refractivity contribution in [1.29, 1.82) is 0 Å². The van der Waals surface area contributed by atoms with Crippen molar-refractivity contribution in [3.8, 4) is 0 Å². The van der Waals surface area contributed by atoms with E-state index in [1.165, 1.54) is 0 Å². The van der Waals surface area contributed by atoms with Crippen molar-refractivity contribution in [3.63, 3.8) is 0 Å². The van der Waals surface area contributed by atoms with Crippen LogP contribution in [0.3, 0.4) is 0 Å². The summed E-state index contributed by atoms with van der Waals surface area (Å²) in [5.41, 5.74) is -0.407. The molecule has 19 heavy (non-hydrogen) atoms. The number of ether oxygens (including phenoxy) is 2. The molecule has 1 unspecified atom stereocenters. The predicted octanol–water partition coefficient (Wildman–Crippen LogP) is 2.56. The fraction of sp³-hybridized carbons (Fsp3) is 0.467. The Labute approximate surface area is 113 Å². The van der Waals surface area contributed by atoms with E-state index in [1.807, 2.05) is 31.2 Å². The van der Waals surface area contributed by atoms with Gasteiger partial charge >= 0.3 is 11.9 Å². The third-order valence-electron chi connectivity index (χ3n) is 2.75. The van der Waals surface area contributed by atoms with Crippen molar-refractivity contribution in [2.24, 2.45) is 5.41 Å². The number of carbonyl (C=O) groups is 2. The van der Waals surface area contributed by atoms with Gasteiger partial charge in [-0.1, -0.05) is 37.3 Å². The van der Waals surface area contributed by atoms with Crippen LogP contribution in [0.1, 0.15) is 27.2 Å². The third-order valence-corrected chi connectivity index (χ3v) is 2.75. The van der Waals surface area contributed by atoms with Crippen LogP contribution in [0.5, 0.6) is 0 Å². The van der Waals surface area contributed by atoms with Gasteiger partial charge < -0.3 is 9.47 Å². The zero-order valence-corrected chi connectivity index (χ0v) is 11.6. The molecule has 0 amide bonds. The summed E-state index contributed by atoms with van der Waals surface area (Å²) in [6, 6.07) is 0. The van der Waals surface area contributed by atoms with E-state index in [0.29, 0.717) is 0 Å². The van der Waals surface area contributed by atoms with Gasteiger partial charge in [-0.3, -0.25) is 0 Å². The van der Waals surface area contributed by atoms with E-state index in [9.17, 15) is 9.59 Å². The number of esters is 2. The van der Waals surface area contributed by atoms with E-state index < -0.39 is 11.9 Å². The van der Waals surface area contributed by atoms with E-state index in [4.69, 9.17) is 9.47 Å². The largest absolute Gasteiger partial charge is 0.462 e. The first-order valence-electron chi connectivity index (χ1n) is 6.44. The normalized spacial score (nSPS) is 20.8. The van der Waals surface area contributed by atoms with Crippen LogP contribution in [-0.2, 0) is 19.1 Å². The van der Waals surface area contributed by atoms with Crippen molar-refractivity contribution in [1.82, 2.24) is 0 Å². The van der Waals surface area contributed by atoms with Gasteiger partial charge in [-0.2, -0.15) is 0 Å². The van der Waals surface area contributed by atoms with E-state index in [-0.39, 0.29) is 24.2 Å². The molecule has 1 rings (SSSR count). The number of rotatable bonds is 5. The van der Waals surface area contributed by atoms with E-state index in [0.717, 1.165) is 6.42 Å². The maximum atomic E-state index is 11.8. The summed E-state index contributed by atoms with van der Waals surface area (Å²) in [7, 11) is 0. The highest BCUT2D eigenvalue weighted by molar-refractivity contribution is 6.14. The third kappa shape index (κ3) is 4.39. The molecule has 0 fully saturated rings. The number of hydrogen-bond acceptors (Lipinski definition) is 4. The zero-order chi connectivity index (χ0) is 14.3. The highest BCUT2D eigenvalue weighted by atomic mass is 16.6. The van der Waals surface area contributed by atoms with Crippen LogP contribution in [0.15, 0.2) is 36.0 Å². The minimum absolute atomic E-state index is 0.0360. The first kappa shape index (κ1) is 15.2. The molecule has 104 valence electrons. The summed E-state index contributed by atoms with van der Waals surface area (Å²) < 4.78 is 9.82. The maximum Gasteiger partial charge on any atom is 0.345 e. The summed E-state index contributed by atoms with van der Waals surface area (Å²) in [5.74, 6) is -1.27. The standard InChI is InChI=1S/C15H20O4/c1-4-18-13(16)12(14(17)19-5-2)11-15(3)9-7-6-8-10-15/h6-9,11H,4-5,10H2,1-3H3. The van der Waals surface area contributed by atoms with Gasteiger partial charge in [0.05, 0.1) is 13.2 Å². The maximum absolute atomic E-state index is 11.8. The number of allylic oxidation sites excluding steroid dienone is 5. The molecule has 0 N–H and O–H groups in total. The topological polar surface area (TPSA) is 52.6 Å². The molecule has 0 aromatic heterocycles. The summed E-state index contributed by atoms with van der Waals surface area (Å²) in [6.45, 7) is 5.80. The minimum Gasteiger partial charge on any atom is -0.462 e. The quantitative estimate of drug-likeness (QED) is 0.331. The summed E-state index contributed by atoms with van der Waals surface area (Å²) >= 11 is 0. The van der Waals surface area contributed by atoms with Gasteiger partial charge in [-0.05, 0) is 20.3 Å². The Morgan fingerprint density at radius 3 is 2.16 bits per heavy atom. The van der Waals surface area contributed by atoms with Crippen LogP contribution in [0.2, 0.25) is 0 Å². The van der Waals surface area contributed by atoms with Crippen molar-refractivity contribution >= 4 is 11.9 Å². The van der Waals surface area contributed by atoms with Crippen molar-refractivity contribution in [3.05, 3.63) is 36.0 Å². The van der Waals surface area contributed by atoms with Gasteiger partial charge in [0, 0.05) is 5.41 Å². The molecule has 1 aliphatic carbocycles. The molecule has 1 atom stereocenters. The SMILES string of the molecule is CCOC(=O)C(=CC1(C)C=CC=CC1)C(=O)OCC. The predicted molar refractivity (Wildman–Crippen MR) is 72.4 cm³/mol. The Morgan fingerprint density at radius 1 is 1.16 bits per heavy atom. The smallest absolute Gasteiger partial charge is 0.345 e. The highest BCUT2D eigenvalue weighted by Crippen LogP contribution is 2.30. The second-order valence-electron chi connectivity index (χ2n) is 4.50. The van der Waals surface area contributed by atoms with Crippen LogP contribution in [-0.4, -0.2) is 25.2 Å². The highest BCUT2D eigenvalue weighted by Gasteiger charge is 2.27. The lowest BCUT2D eigenvalue weighted by molar-refractivity contribution is -0.146. The van der Waals surface area contributed by atoms with Crippen LogP contribution >= 0.6 is 0 Å². The first-order valence-corrected chi connectivity index (χ1v) is 6.44. The Morgan fingerprint density at radius 2 is 1.74 bits per heavy atom. The van der Waals surface area contributed by atoms with Crippen LogP contribution < -0.4 is 0 Å². The van der Waals surface area contributed by atoms with Gasteiger partial charge in [0.1, 0.15) is 5.57 Å². The molecular weight excluding hydrogens is 244 g/mol. The van der Waals surface area contributed by atoms with Crippen molar-refractivity contribution in [2.75, 3.05) is 13.2 Å². The molecule has 0 heterocycles. The lowest BCUT2D eigenvalue weighted by Gasteiger charge is -2.23.